The van der Waals surface area contributed by atoms with Crippen molar-refractivity contribution in [2.75, 3.05) is 26.0 Å². The lowest BCUT2D eigenvalue weighted by Crippen LogP contribution is -2.27. The second-order valence-electron chi connectivity index (χ2n) is 7.27. The number of ether oxygens (including phenoxy) is 2. The molecule has 0 spiro atoms. The molecule has 0 aromatic heterocycles. The van der Waals surface area contributed by atoms with Crippen LogP contribution in [0.5, 0.6) is 11.5 Å². The van der Waals surface area contributed by atoms with Crippen LogP contribution in [-0.2, 0) is 16.2 Å². The van der Waals surface area contributed by atoms with Crippen LogP contribution in [0, 0.1) is 0 Å². The van der Waals surface area contributed by atoms with Gasteiger partial charge >= 0.3 is 0 Å². The van der Waals surface area contributed by atoms with Gasteiger partial charge in [0.05, 0.1) is 0 Å². The van der Waals surface area contributed by atoms with Crippen LogP contribution in [0.1, 0.15) is 11.1 Å². The van der Waals surface area contributed by atoms with Crippen LogP contribution in [0.4, 0.5) is 5.69 Å². The van der Waals surface area contributed by atoms with Gasteiger partial charge < -0.3 is 19.7 Å². The SMILES string of the molecule is CN(C)C(=O)COc1ccc(NC(=O)/C=C/c2cccc(OCc3ccccc3)c2)cc1. The number of carbonyl (C=O) groups is 2. The van der Waals surface area contributed by atoms with E-state index in [4.69, 9.17) is 9.47 Å². The quantitative estimate of drug-likeness (QED) is 0.512. The van der Waals surface area contributed by atoms with Crippen molar-refractivity contribution in [3.8, 4) is 11.5 Å². The van der Waals surface area contributed by atoms with Crippen LogP contribution in [0.2, 0.25) is 0 Å². The summed E-state index contributed by atoms with van der Waals surface area (Å²) in [4.78, 5) is 25.3. The van der Waals surface area contributed by atoms with Crippen LogP contribution in [0.25, 0.3) is 6.08 Å². The maximum atomic E-state index is 12.2. The van der Waals surface area contributed by atoms with E-state index in [1.54, 1.807) is 44.4 Å². The maximum absolute atomic E-state index is 12.2. The molecule has 0 radical (unpaired) electrons. The van der Waals surface area contributed by atoms with Gasteiger partial charge in [-0.25, -0.2) is 0 Å². The zero-order valence-electron chi connectivity index (χ0n) is 18.2. The van der Waals surface area contributed by atoms with Crippen molar-refractivity contribution in [2.45, 2.75) is 6.61 Å². The van der Waals surface area contributed by atoms with E-state index < -0.39 is 0 Å². The first-order valence-electron chi connectivity index (χ1n) is 10.2. The summed E-state index contributed by atoms with van der Waals surface area (Å²) in [6, 6.07) is 24.3. The molecule has 0 aliphatic carbocycles. The van der Waals surface area contributed by atoms with Crippen molar-refractivity contribution in [3.63, 3.8) is 0 Å². The van der Waals surface area contributed by atoms with Gasteiger partial charge in [0.25, 0.3) is 5.91 Å². The summed E-state index contributed by atoms with van der Waals surface area (Å²) in [7, 11) is 3.34. The second-order valence-corrected chi connectivity index (χ2v) is 7.27. The van der Waals surface area contributed by atoms with Crippen LogP contribution < -0.4 is 14.8 Å². The van der Waals surface area contributed by atoms with E-state index in [1.807, 2.05) is 54.6 Å². The molecule has 3 aromatic rings. The number of benzene rings is 3. The van der Waals surface area contributed by atoms with Gasteiger partial charge in [-0.3, -0.25) is 9.59 Å². The van der Waals surface area contributed by atoms with E-state index in [0.717, 1.165) is 16.9 Å². The third kappa shape index (κ3) is 7.32. The molecule has 0 saturated heterocycles. The number of nitrogens with one attached hydrogen (secondary N) is 1. The summed E-state index contributed by atoms with van der Waals surface area (Å²) in [5.41, 5.74) is 2.58. The van der Waals surface area contributed by atoms with Crippen molar-refractivity contribution >= 4 is 23.6 Å². The average molecular weight is 431 g/mol. The molecule has 0 bridgehead atoms. The Labute approximate surface area is 188 Å². The predicted molar refractivity (Wildman–Crippen MR) is 126 cm³/mol. The van der Waals surface area contributed by atoms with E-state index in [-0.39, 0.29) is 18.4 Å². The first-order chi connectivity index (χ1) is 15.5. The molecule has 0 saturated carbocycles. The molecule has 0 fully saturated rings. The zero-order valence-corrected chi connectivity index (χ0v) is 18.2. The topological polar surface area (TPSA) is 67.9 Å². The van der Waals surface area contributed by atoms with Crippen molar-refractivity contribution in [1.82, 2.24) is 4.90 Å². The van der Waals surface area contributed by atoms with E-state index in [9.17, 15) is 9.59 Å². The maximum Gasteiger partial charge on any atom is 0.259 e. The molecule has 164 valence electrons. The van der Waals surface area contributed by atoms with Crippen LogP contribution in [-0.4, -0.2) is 37.4 Å². The number of likely N-dealkylation sites (N-methyl/N-ethyl adjacent to an activating group) is 1. The van der Waals surface area contributed by atoms with Crippen molar-refractivity contribution in [3.05, 3.63) is 96.1 Å². The Morgan fingerprint density at radius 2 is 1.62 bits per heavy atom. The van der Waals surface area contributed by atoms with Gasteiger partial charge in [0.1, 0.15) is 18.1 Å². The third-order valence-electron chi connectivity index (χ3n) is 4.52. The second kappa shape index (κ2) is 11.4. The Morgan fingerprint density at radius 3 is 2.34 bits per heavy atom. The lowest BCUT2D eigenvalue weighted by Gasteiger charge is -2.11. The molecule has 0 aliphatic rings. The monoisotopic (exact) mass is 430 g/mol. The van der Waals surface area contributed by atoms with Crippen molar-refractivity contribution in [2.24, 2.45) is 0 Å². The molecule has 0 aliphatic heterocycles. The van der Waals surface area contributed by atoms with Crippen LogP contribution in [0.15, 0.2) is 84.9 Å². The number of carbonyl (C=O) groups excluding carboxylic acids is 2. The van der Waals surface area contributed by atoms with Crippen LogP contribution >= 0.6 is 0 Å². The Balaban J connectivity index is 1.50. The Bertz CT molecular complexity index is 1060. The Kier molecular flexibility index (Phi) is 8.03. The summed E-state index contributed by atoms with van der Waals surface area (Å²) in [6.45, 7) is 0.451. The largest absolute Gasteiger partial charge is 0.489 e. The molecular formula is C26H26N2O4. The first kappa shape index (κ1) is 22.6. The fraction of sp³-hybridized carbons (Fsp3) is 0.154. The van der Waals surface area contributed by atoms with E-state index >= 15 is 0 Å². The Hall–Kier alpha value is -4.06. The van der Waals surface area contributed by atoms with E-state index in [0.29, 0.717) is 18.0 Å². The highest BCUT2D eigenvalue weighted by Crippen LogP contribution is 2.18. The van der Waals surface area contributed by atoms with Gasteiger partial charge in [-0.1, -0.05) is 42.5 Å². The number of hydrogen-bond donors (Lipinski definition) is 1. The fourth-order valence-electron chi connectivity index (χ4n) is 2.71. The highest BCUT2D eigenvalue weighted by atomic mass is 16.5. The minimum Gasteiger partial charge on any atom is -0.489 e. The van der Waals surface area contributed by atoms with Crippen molar-refractivity contribution < 1.29 is 19.1 Å². The van der Waals surface area contributed by atoms with Crippen molar-refractivity contribution in [1.29, 1.82) is 0 Å². The van der Waals surface area contributed by atoms with Gasteiger partial charge in [-0.2, -0.15) is 0 Å². The molecular weight excluding hydrogens is 404 g/mol. The number of anilines is 1. The number of nitrogens with zero attached hydrogens (tertiary/aromatic N) is 1. The minimum absolute atomic E-state index is 0.0322. The average Bonchev–Trinajstić information content (AvgIpc) is 2.81. The summed E-state index contributed by atoms with van der Waals surface area (Å²) in [5.74, 6) is 0.917. The highest BCUT2D eigenvalue weighted by molar-refractivity contribution is 6.01. The van der Waals surface area contributed by atoms with E-state index in [2.05, 4.69) is 5.32 Å². The number of rotatable bonds is 9. The molecule has 2 amide bonds. The summed E-state index contributed by atoms with van der Waals surface area (Å²) in [6.07, 6.45) is 3.20. The lowest BCUT2D eigenvalue weighted by atomic mass is 10.2. The molecule has 0 atom stereocenters. The smallest absolute Gasteiger partial charge is 0.259 e. The first-order valence-corrected chi connectivity index (χ1v) is 10.2. The molecule has 0 unspecified atom stereocenters. The van der Waals surface area contributed by atoms with Gasteiger partial charge in [0.15, 0.2) is 6.61 Å². The van der Waals surface area contributed by atoms with Crippen LogP contribution in [0.3, 0.4) is 0 Å². The zero-order chi connectivity index (χ0) is 22.8. The highest BCUT2D eigenvalue weighted by Gasteiger charge is 2.05. The fourth-order valence-corrected chi connectivity index (χ4v) is 2.71. The molecule has 6 nitrogen and oxygen atoms in total. The third-order valence-corrected chi connectivity index (χ3v) is 4.52. The summed E-state index contributed by atoms with van der Waals surface area (Å²) < 4.78 is 11.2. The molecule has 3 rings (SSSR count). The van der Waals surface area contributed by atoms with Gasteiger partial charge in [-0.05, 0) is 53.6 Å². The summed E-state index contributed by atoms with van der Waals surface area (Å²) >= 11 is 0. The predicted octanol–water partition coefficient (Wildman–Crippen LogP) is 4.38. The molecule has 3 aromatic carbocycles. The van der Waals surface area contributed by atoms with Gasteiger partial charge in [0.2, 0.25) is 5.91 Å². The molecule has 6 heteroatoms. The number of amides is 2. The Morgan fingerprint density at radius 1 is 0.875 bits per heavy atom. The molecule has 32 heavy (non-hydrogen) atoms. The standard InChI is InChI=1S/C26H26N2O4/c1-28(2)26(30)19-32-23-14-12-22(13-15-23)27-25(29)16-11-20-9-6-10-24(17-20)31-18-21-7-4-3-5-8-21/h3-17H,18-19H2,1-2H3,(H,27,29)/b16-11+. The number of hydrogen-bond acceptors (Lipinski definition) is 4. The molecule has 1 N–H and O–H groups in total. The lowest BCUT2D eigenvalue weighted by molar-refractivity contribution is -0.130. The minimum atomic E-state index is -0.253. The van der Waals surface area contributed by atoms with Gasteiger partial charge in [0, 0.05) is 25.9 Å². The molecule has 0 heterocycles. The van der Waals surface area contributed by atoms with Gasteiger partial charge in [-0.15, -0.1) is 0 Å². The van der Waals surface area contributed by atoms with E-state index in [1.165, 1.54) is 11.0 Å². The normalized spacial score (nSPS) is 10.6. The summed E-state index contributed by atoms with van der Waals surface area (Å²) in [5, 5.41) is 2.80.